The van der Waals surface area contributed by atoms with E-state index in [1.54, 1.807) is 13.2 Å². The van der Waals surface area contributed by atoms with Crippen molar-refractivity contribution in [1.82, 2.24) is 5.32 Å². The Hall–Kier alpha value is -1.71. The van der Waals surface area contributed by atoms with Crippen molar-refractivity contribution in [3.8, 4) is 11.5 Å². The molecule has 0 saturated heterocycles. The second-order valence-corrected chi connectivity index (χ2v) is 4.66. The Kier molecular flexibility index (Phi) is 4.66. The van der Waals surface area contributed by atoms with E-state index in [2.05, 4.69) is 5.32 Å². The van der Waals surface area contributed by atoms with Crippen molar-refractivity contribution in [2.24, 2.45) is 0 Å². The Labute approximate surface area is 117 Å². The van der Waals surface area contributed by atoms with Gasteiger partial charge in [0, 0.05) is 29.7 Å². The van der Waals surface area contributed by atoms with Crippen molar-refractivity contribution in [3.63, 3.8) is 0 Å². The largest absolute Gasteiger partial charge is 0.507 e. The molecular formula is C15H16ClNO2. The van der Waals surface area contributed by atoms with Crippen LogP contribution in [0.25, 0.3) is 0 Å². The van der Waals surface area contributed by atoms with Gasteiger partial charge in [-0.25, -0.2) is 0 Å². The minimum Gasteiger partial charge on any atom is -0.507 e. The Morgan fingerprint density at radius 3 is 2.47 bits per heavy atom. The number of hydrogen-bond donors (Lipinski definition) is 2. The summed E-state index contributed by atoms with van der Waals surface area (Å²) < 4.78 is 5.04. The number of methoxy groups -OCH3 is 1. The first-order valence-corrected chi connectivity index (χ1v) is 6.38. The van der Waals surface area contributed by atoms with Gasteiger partial charge in [0.15, 0.2) is 0 Å². The lowest BCUT2D eigenvalue weighted by Crippen LogP contribution is -2.12. The molecule has 0 unspecified atom stereocenters. The smallest absolute Gasteiger partial charge is 0.123 e. The average Bonchev–Trinajstić information content (AvgIpc) is 2.42. The summed E-state index contributed by atoms with van der Waals surface area (Å²) in [5.74, 6) is 0.891. The Morgan fingerprint density at radius 2 is 1.84 bits per heavy atom. The van der Waals surface area contributed by atoms with E-state index in [-0.39, 0.29) is 5.75 Å². The maximum absolute atomic E-state index is 9.82. The van der Waals surface area contributed by atoms with Crippen LogP contribution in [-0.4, -0.2) is 12.2 Å². The third-order valence-electron chi connectivity index (χ3n) is 2.85. The monoisotopic (exact) mass is 277 g/mol. The lowest BCUT2D eigenvalue weighted by atomic mass is 10.1. The summed E-state index contributed by atoms with van der Waals surface area (Å²) in [4.78, 5) is 0. The van der Waals surface area contributed by atoms with Crippen molar-refractivity contribution in [2.75, 3.05) is 7.11 Å². The first-order valence-electron chi connectivity index (χ1n) is 6.00. The van der Waals surface area contributed by atoms with Crippen LogP contribution < -0.4 is 10.1 Å². The summed E-state index contributed by atoms with van der Waals surface area (Å²) in [6, 6.07) is 13.0. The van der Waals surface area contributed by atoms with Gasteiger partial charge in [-0.05, 0) is 23.8 Å². The van der Waals surface area contributed by atoms with Crippen LogP contribution in [0, 0.1) is 0 Å². The average molecular weight is 278 g/mol. The number of hydrogen-bond acceptors (Lipinski definition) is 3. The van der Waals surface area contributed by atoms with Gasteiger partial charge in [-0.3, -0.25) is 0 Å². The maximum Gasteiger partial charge on any atom is 0.123 e. The fraction of sp³-hybridized carbons (Fsp3) is 0.200. The first kappa shape index (κ1) is 13.7. The number of rotatable bonds is 5. The molecule has 2 aromatic rings. The van der Waals surface area contributed by atoms with Gasteiger partial charge in [-0.2, -0.15) is 0 Å². The third-order valence-corrected chi connectivity index (χ3v) is 3.10. The molecule has 0 aromatic heterocycles. The van der Waals surface area contributed by atoms with Crippen LogP contribution in [0.5, 0.6) is 11.5 Å². The second-order valence-electron chi connectivity index (χ2n) is 4.22. The molecule has 0 aliphatic rings. The fourth-order valence-electron chi connectivity index (χ4n) is 1.76. The second kappa shape index (κ2) is 6.45. The Balaban J connectivity index is 1.90. The van der Waals surface area contributed by atoms with Gasteiger partial charge in [-0.15, -0.1) is 0 Å². The molecule has 0 atom stereocenters. The van der Waals surface area contributed by atoms with Gasteiger partial charge in [-0.1, -0.05) is 29.8 Å². The zero-order valence-corrected chi connectivity index (χ0v) is 11.4. The summed E-state index contributed by atoms with van der Waals surface area (Å²) in [5, 5.41) is 13.8. The topological polar surface area (TPSA) is 41.5 Å². The van der Waals surface area contributed by atoms with Crippen molar-refractivity contribution in [2.45, 2.75) is 13.1 Å². The number of benzene rings is 2. The number of phenolic OH excluding ortho intramolecular Hbond substituents is 1. The number of ether oxygens (including phenoxy) is 1. The molecule has 0 heterocycles. The number of phenols is 1. The molecule has 0 aliphatic carbocycles. The van der Waals surface area contributed by atoms with Crippen molar-refractivity contribution in [1.29, 1.82) is 0 Å². The molecule has 0 fully saturated rings. The summed E-state index contributed by atoms with van der Waals surface area (Å²) in [6.45, 7) is 1.32. The molecule has 2 N–H and O–H groups in total. The highest BCUT2D eigenvalue weighted by molar-refractivity contribution is 6.30. The predicted octanol–water partition coefficient (Wildman–Crippen LogP) is 3.34. The molecule has 3 nitrogen and oxygen atoms in total. The summed E-state index contributed by atoms with van der Waals surface area (Å²) in [5.41, 5.74) is 1.99. The summed E-state index contributed by atoms with van der Waals surface area (Å²) in [6.07, 6.45) is 0. The van der Waals surface area contributed by atoms with E-state index in [0.717, 1.165) is 22.7 Å². The Bertz CT molecular complexity index is 540. The molecule has 0 aliphatic heterocycles. The molecule has 2 rings (SSSR count). The molecule has 0 radical (unpaired) electrons. The maximum atomic E-state index is 9.82. The van der Waals surface area contributed by atoms with Gasteiger partial charge in [0.2, 0.25) is 0 Å². The van der Waals surface area contributed by atoms with Crippen LogP contribution in [-0.2, 0) is 13.1 Å². The van der Waals surface area contributed by atoms with Gasteiger partial charge in [0.1, 0.15) is 11.5 Å². The zero-order chi connectivity index (χ0) is 13.7. The lowest BCUT2D eigenvalue weighted by molar-refractivity contribution is 0.406. The van der Waals surface area contributed by atoms with Crippen LogP contribution >= 0.6 is 11.6 Å². The summed E-state index contributed by atoms with van der Waals surface area (Å²) in [7, 11) is 1.58. The third kappa shape index (κ3) is 3.88. The normalized spacial score (nSPS) is 10.4. The highest BCUT2D eigenvalue weighted by Gasteiger charge is 2.02. The predicted molar refractivity (Wildman–Crippen MR) is 76.7 cm³/mol. The quantitative estimate of drug-likeness (QED) is 0.881. The van der Waals surface area contributed by atoms with Crippen molar-refractivity contribution < 1.29 is 9.84 Å². The molecule has 0 bridgehead atoms. The molecule has 2 aromatic carbocycles. The summed E-state index contributed by atoms with van der Waals surface area (Å²) >= 11 is 5.83. The lowest BCUT2D eigenvalue weighted by Gasteiger charge is -2.08. The SMILES string of the molecule is COc1ccc(CNCc2ccc(Cl)cc2)c(O)c1. The van der Waals surface area contributed by atoms with Gasteiger partial charge < -0.3 is 15.2 Å². The van der Waals surface area contributed by atoms with E-state index in [9.17, 15) is 5.11 Å². The van der Waals surface area contributed by atoms with E-state index < -0.39 is 0 Å². The number of aromatic hydroxyl groups is 1. The first-order chi connectivity index (χ1) is 9.19. The van der Waals surface area contributed by atoms with Crippen LogP contribution in [0.4, 0.5) is 0 Å². The van der Waals surface area contributed by atoms with E-state index in [1.807, 2.05) is 36.4 Å². The molecule has 4 heteroatoms. The number of nitrogens with one attached hydrogen (secondary N) is 1. The molecule has 19 heavy (non-hydrogen) atoms. The van der Waals surface area contributed by atoms with E-state index in [1.165, 1.54) is 0 Å². The van der Waals surface area contributed by atoms with Gasteiger partial charge in [0.25, 0.3) is 0 Å². The minimum absolute atomic E-state index is 0.239. The van der Waals surface area contributed by atoms with E-state index in [0.29, 0.717) is 12.3 Å². The van der Waals surface area contributed by atoms with Crippen molar-refractivity contribution in [3.05, 3.63) is 58.6 Å². The highest BCUT2D eigenvalue weighted by Crippen LogP contribution is 2.23. The van der Waals surface area contributed by atoms with Gasteiger partial charge in [0.05, 0.1) is 7.11 Å². The van der Waals surface area contributed by atoms with Crippen LogP contribution in [0.3, 0.4) is 0 Å². The fourth-order valence-corrected chi connectivity index (χ4v) is 1.89. The zero-order valence-electron chi connectivity index (χ0n) is 10.7. The Morgan fingerprint density at radius 1 is 1.11 bits per heavy atom. The minimum atomic E-state index is 0.239. The molecular weight excluding hydrogens is 262 g/mol. The van der Waals surface area contributed by atoms with Crippen molar-refractivity contribution >= 4 is 11.6 Å². The van der Waals surface area contributed by atoms with E-state index in [4.69, 9.17) is 16.3 Å². The molecule has 0 amide bonds. The molecule has 100 valence electrons. The van der Waals surface area contributed by atoms with Crippen LogP contribution in [0.2, 0.25) is 5.02 Å². The molecule has 0 saturated carbocycles. The van der Waals surface area contributed by atoms with E-state index >= 15 is 0 Å². The van der Waals surface area contributed by atoms with Gasteiger partial charge >= 0.3 is 0 Å². The number of halogens is 1. The standard InChI is InChI=1S/C15H16ClNO2/c1-19-14-7-4-12(15(18)8-14)10-17-9-11-2-5-13(16)6-3-11/h2-8,17-18H,9-10H2,1H3. The highest BCUT2D eigenvalue weighted by atomic mass is 35.5. The van der Waals surface area contributed by atoms with Crippen LogP contribution in [0.15, 0.2) is 42.5 Å². The molecule has 0 spiro atoms. The van der Waals surface area contributed by atoms with Crippen LogP contribution in [0.1, 0.15) is 11.1 Å².